The SMILES string of the molecule is O=C1CN(C(=O)COC(=O)C(Cc2ccccc2)NC(=O)c2cccs2)c2ccccc2N1. The quantitative estimate of drug-likeness (QED) is 0.524. The summed E-state index contributed by atoms with van der Waals surface area (Å²) >= 11 is 1.26. The lowest BCUT2D eigenvalue weighted by Gasteiger charge is -2.29. The molecule has 2 aromatic carbocycles. The zero-order chi connectivity index (χ0) is 23.2. The molecule has 3 aromatic rings. The number of rotatable bonds is 7. The van der Waals surface area contributed by atoms with Crippen molar-refractivity contribution in [1.29, 1.82) is 0 Å². The molecular weight excluding hydrogens is 442 g/mol. The number of nitrogens with zero attached hydrogens (tertiary/aromatic N) is 1. The van der Waals surface area contributed by atoms with Crippen LogP contribution in [0.4, 0.5) is 11.4 Å². The van der Waals surface area contributed by atoms with Crippen molar-refractivity contribution in [2.24, 2.45) is 0 Å². The highest BCUT2D eigenvalue weighted by Gasteiger charge is 2.29. The number of ether oxygens (including phenoxy) is 1. The third-order valence-electron chi connectivity index (χ3n) is 5.03. The average molecular weight is 464 g/mol. The Hall–Kier alpha value is -3.98. The van der Waals surface area contributed by atoms with Crippen molar-refractivity contribution in [1.82, 2.24) is 5.32 Å². The normalized spacial score (nSPS) is 13.5. The summed E-state index contributed by atoms with van der Waals surface area (Å²) in [6.07, 6.45) is 0.208. The molecule has 1 aliphatic rings. The maximum Gasteiger partial charge on any atom is 0.329 e. The minimum atomic E-state index is -0.980. The number of carbonyl (C=O) groups is 4. The second kappa shape index (κ2) is 10.1. The lowest BCUT2D eigenvalue weighted by molar-refractivity contribution is -0.149. The number of hydrogen-bond donors (Lipinski definition) is 2. The van der Waals surface area contributed by atoms with E-state index in [2.05, 4.69) is 10.6 Å². The number of carbonyl (C=O) groups excluding carboxylic acids is 4. The van der Waals surface area contributed by atoms with E-state index in [9.17, 15) is 19.2 Å². The highest BCUT2D eigenvalue weighted by atomic mass is 32.1. The zero-order valence-electron chi connectivity index (χ0n) is 17.5. The molecule has 3 amide bonds. The second-order valence-electron chi connectivity index (χ2n) is 7.35. The maximum atomic E-state index is 12.9. The first-order valence-electron chi connectivity index (χ1n) is 10.3. The summed E-state index contributed by atoms with van der Waals surface area (Å²) in [5.41, 5.74) is 1.88. The Morgan fingerprint density at radius 1 is 1.03 bits per heavy atom. The number of amides is 3. The lowest BCUT2D eigenvalue weighted by atomic mass is 10.1. The molecule has 4 rings (SSSR count). The Kier molecular flexibility index (Phi) is 6.80. The summed E-state index contributed by atoms with van der Waals surface area (Å²) in [4.78, 5) is 51.9. The van der Waals surface area contributed by atoms with Crippen LogP contribution in [0.25, 0.3) is 0 Å². The molecule has 0 saturated carbocycles. The summed E-state index contributed by atoms with van der Waals surface area (Å²) in [7, 11) is 0. The Morgan fingerprint density at radius 3 is 2.55 bits per heavy atom. The van der Waals surface area contributed by atoms with Gasteiger partial charge in [-0.1, -0.05) is 48.5 Å². The molecule has 33 heavy (non-hydrogen) atoms. The van der Waals surface area contributed by atoms with Crippen LogP contribution in [0.3, 0.4) is 0 Å². The van der Waals surface area contributed by atoms with E-state index >= 15 is 0 Å². The third kappa shape index (κ3) is 5.45. The number of benzene rings is 2. The molecule has 168 valence electrons. The molecule has 0 fully saturated rings. The van der Waals surface area contributed by atoms with Crippen molar-refractivity contribution in [3.8, 4) is 0 Å². The Balaban J connectivity index is 1.44. The minimum Gasteiger partial charge on any atom is -0.454 e. The second-order valence-corrected chi connectivity index (χ2v) is 8.29. The van der Waals surface area contributed by atoms with Crippen molar-refractivity contribution >= 4 is 46.4 Å². The van der Waals surface area contributed by atoms with Crippen molar-refractivity contribution in [3.05, 3.63) is 82.6 Å². The van der Waals surface area contributed by atoms with E-state index in [4.69, 9.17) is 4.74 Å². The highest BCUT2D eigenvalue weighted by molar-refractivity contribution is 7.12. The van der Waals surface area contributed by atoms with Crippen LogP contribution in [0.1, 0.15) is 15.2 Å². The number of nitrogens with one attached hydrogen (secondary N) is 2. The van der Waals surface area contributed by atoms with Gasteiger partial charge in [-0.15, -0.1) is 11.3 Å². The fourth-order valence-corrected chi connectivity index (χ4v) is 4.07. The van der Waals surface area contributed by atoms with Gasteiger partial charge in [0, 0.05) is 6.42 Å². The fourth-order valence-electron chi connectivity index (χ4n) is 3.45. The van der Waals surface area contributed by atoms with Gasteiger partial charge in [0.15, 0.2) is 6.61 Å². The number of esters is 1. The Bertz CT molecular complexity index is 1160. The smallest absolute Gasteiger partial charge is 0.329 e. The van der Waals surface area contributed by atoms with Crippen molar-refractivity contribution < 1.29 is 23.9 Å². The molecular formula is C24H21N3O5S. The predicted octanol–water partition coefficient (Wildman–Crippen LogP) is 2.62. The molecule has 0 spiro atoms. The van der Waals surface area contributed by atoms with Gasteiger partial charge in [-0.05, 0) is 29.1 Å². The van der Waals surface area contributed by atoms with E-state index < -0.39 is 30.4 Å². The van der Waals surface area contributed by atoms with E-state index in [1.807, 2.05) is 30.3 Å². The van der Waals surface area contributed by atoms with E-state index in [0.29, 0.717) is 16.3 Å². The first-order chi connectivity index (χ1) is 16.0. The minimum absolute atomic E-state index is 0.171. The van der Waals surface area contributed by atoms with Crippen LogP contribution in [0, 0.1) is 0 Å². The molecule has 8 nitrogen and oxygen atoms in total. The number of fused-ring (bicyclic) bond motifs is 1. The number of anilines is 2. The van der Waals surface area contributed by atoms with Gasteiger partial charge in [0.05, 0.1) is 16.3 Å². The Labute approximate surface area is 194 Å². The van der Waals surface area contributed by atoms with Crippen molar-refractivity contribution in [2.75, 3.05) is 23.4 Å². The van der Waals surface area contributed by atoms with Gasteiger partial charge in [-0.25, -0.2) is 4.79 Å². The molecule has 0 saturated heterocycles. The summed E-state index contributed by atoms with van der Waals surface area (Å²) < 4.78 is 5.29. The highest BCUT2D eigenvalue weighted by Crippen LogP contribution is 2.28. The molecule has 0 aliphatic carbocycles. The first kappa shape index (κ1) is 22.2. The third-order valence-corrected chi connectivity index (χ3v) is 5.90. The van der Waals surface area contributed by atoms with Crippen LogP contribution in [-0.4, -0.2) is 42.9 Å². The number of para-hydroxylation sites is 2. The number of thiophene rings is 1. The average Bonchev–Trinajstić information content (AvgIpc) is 3.37. The summed E-state index contributed by atoms with van der Waals surface area (Å²) in [5, 5.41) is 7.17. The zero-order valence-corrected chi connectivity index (χ0v) is 18.3. The molecule has 1 aliphatic heterocycles. The molecule has 2 heterocycles. The summed E-state index contributed by atoms with van der Waals surface area (Å²) in [5.74, 6) is -1.99. The maximum absolute atomic E-state index is 12.9. The summed E-state index contributed by atoms with van der Waals surface area (Å²) in [6, 6.07) is 18.5. The largest absolute Gasteiger partial charge is 0.454 e. The van der Waals surface area contributed by atoms with Gasteiger partial charge in [0.2, 0.25) is 5.91 Å². The van der Waals surface area contributed by atoms with Gasteiger partial charge in [-0.2, -0.15) is 0 Å². The van der Waals surface area contributed by atoms with Gasteiger partial charge in [0.25, 0.3) is 11.8 Å². The van der Waals surface area contributed by atoms with E-state index in [0.717, 1.165) is 5.56 Å². The molecule has 9 heteroatoms. The van der Waals surface area contributed by atoms with Gasteiger partial charge >= 0.3 is 5.97 Å². The standard InChI is InChI=1S/C24H21N3O5S/c28-21-14-27(19-10-5-4-9-17(19)25-21)22(29)15-32-24(31)18(13-16-7-2-1-3-8-16)26-23(30)20-11-6-12-33-20/h1-12,18H,13-15H2,(H,25,28)(H,26,30). The van der Waals surface area contributed by atoms with E-state index in [-0.39, 0.29) is 18.9 Å². The predicted molar refractivity (Wildman–Crippen MR) is 124 cm³/mol. The van der Waals surface area contributed by atoms with Crippen molar-refractivity contribution in [2.45, 2.75) is 12.5 Å². The van der Waals surface area contributed by atoms with Crippen LogP contribution in [0.15, 0.2) is 72.1 Å². The van der Waals surface area contributed by atoms with Crippen LogP contribution in [-0.2, 0) is 25.5 Å². The molecule has 1 atom stereocenters. The first-order valence-corrected chi connectivity index (χ1v) is 11.1. The molecule has 1 unspecified atom stereocenters. The fraction of sp³-hybridized carbons (Fsp3) is 0.167. The monoisotopic (exact) mass is 463 g/mol. The summed E-state index contributed by atoms with van der Waals surface area (Å²) in [6.45, 7) is -0.726. The van der Waals surface area contributed by atoms with Crippen LogP contribution < -0.4 is 15.5 Å². The molecule has 2 N–H and O–H groups in total. The molecule has 0 bridgehead atoms. The topological polar surface area (TPSA) is 105 Å². The van der Waals surface area contributed by atoms with Gasteiger partial charge < -0.3 is 15.4 Å². The van der Waals surface area contributed by atoms with Crippen LogP contribution in [0.2, 0.25) is 0 Å². The number of hydrogen-bond acceptors (Lipinski definition) is 6. The van der Waals surface area contributed by atoms with E-state index in [1.165, 1.54) is 16.2 Å². The molecule has 1 aromatic heterocycles. The Morgan fingerprint density at radius 2 is 1.79 bits per heavy atom. The van der Waals surface area contributed by atoms with Gasteiger partial charge in [-0.3, -0.25) is 19.3 Å². The van der Waals surface area contributed by atoms with Crippen LogP contribution >= 0.6 is 11.3 Å². The lowest BCUT2D eigenvalue weighted by Crippen LogP contribution is -2.46. The van der Waals surface area contributed by atoms with E-state index in [1.54, 1.807) is 41.8 Å². The van der Waals surface area contributed by atoms with Crippen LogP contribution in [0.5, 0.6) is 0 Å². The van der Waals surface area contributed by atoms with Gasteiger partial charge in [0.1, 0.15) is 12.6 Å². The van der Waals surface area contributed by atoms with Crippen molar-refractivity contribution in [3.63, 3.8) is 0 Å². The molecule has 0 radical (unpaired) electrons.